The Morgan fingerprint density at radius 3 is 1.14 bits per heavy atom. The highest BCUT2D eigenvalue weighted by Gasteiger charge is 2.18. The Bertz CT molecular complexity index is 2950. The van der Waals surface area contributed by atoms with Crippen LogP contribution in [-0.4, -0.2) is 0 Å². The Hall–Kier alpha value is -7.48. The molecule has 0 spiro atoms. The van der Waals surface area contributed by atoms with Crippen LogP contribution in [0.5, 0.6) is 0 Å². The van der Waals surface area contributed by atoms with Crippen LogP contribution in [0, 0.1) is 0 Å². The molecule has 0 aromatic heterocycles. The Balaban J connectivity index is 1.04. The second-order valence-corrected chi connectivity index (χ2v) is 14.6. The maximum absolute atomic E-state index is 2.40. The molecule has 1 heteroatoms. The maximum Gasteiger partial charge on any atom is 0.0468 e. The molecule has 0 saturated carbocycles. The van der Waals surface area contributed by atoms with Crippen LogP contribution in [0.2, 0.25) is 0 Å². The molecule has 1 nitrogen and oxygen atoms in total. The quantitative estimate of drug-likeness (QED) is 0.141. The Morgan fingerprint density at radius 2 is 0.579 bits per heavy atom. The average molecular weight is 726 g/mol. The van der Waals surface area contributed by atoms with Gasteiger partial charge in [-0.3, -0.25) is 0 Å². The average Bonchev–Trinajstić information content (AvgIpc) is 3.30. The highest BCUT2D eigenvalue weighted by Crippen LogP contribution is 2.42. The first-order chi connectivity index (χ1) is 28.2. The third-order valence-electron chi connectivity index (χ3n) is 11.1. The van der Waals surface area contributed by atoms with Crippen LogP contribution >= 0.6 is 0 Å². The van der Waals surface area contributed by atoms with Crippen molar-refractivity contribution in [3.63, 3.8) is 0 Å². The van der Waals surface area contributed by atoms with Crippen LogP contribution in [0.4, 0.5) is 17.1 Å². The zero-order valence-electron chi connectivity index (χ0n) is 31.5. The minimum Gasteiger partial charge on any atom is -0.310 e. The van der Waals surface area contributed by atoms with Gasteiger partial charge in [0.2, 0.25) is 0 Å². The van der Waals surface area contributed by atoms with Crippen molar-refractivity contribution < 1.29 is 0 Å². The topological polar surface area (TPSA) is 3.24 Å². The molecule has 0 aliphatic rings. The van der Waals surface area contributed by atoms with Crippen LogP contribution < -0.4 is 4.90 Å². The Kier molecular flexibility index (Phi) is 8.95. The number of anilines is 3. The fourth-order valence-corrected chi connectivity index (χ4v) is 8.12. The lowest BCUT2D eigenvalue weighted by molar-refractivity contribution is 1.29. The zero-order chi connectivity index (χ0) is 38.0. The van der Waals surface area contributed by atoms with Gasteiger partial charge >= 0.3 is 0 Å². The summed E-state index contributed by atoms with van der Waals surface area (Å²) in [5.41, 5.74) is 15.3. The second-order valence-electron chi connectivity index (χ2n) is 14.6. The predicted molar refractivity (Wildman–Crippen MR) is 243 cm³/mol. The van der Waals surface area contributed by atoms with E-state index in [1.54, 1.807) is 0 Å². The summed E-state index contributed by atoms with van der Waals surface area (Å²) in [5.74, 6) is 0. The lowest BCUT2D eigenvalue weighted by Gasteiger charge is -2.27. The fourth-order valence-electron chi connectivity index (χ4n) is 8.12. The van der Waals surface area contributed by atoms with Gasteiger partial charge in [-0.15, -0.1) is 0 Å². The fraction of sp³-hybridized carbons (Fsp3) is 0. The molecule has 0 amide bonds. The normalized spacial score (nSPS) is 11.2. The summed E-state index contributed by atoms with van der Waals surface area (Å²) in [6.45, 7) is 0. The molecule has 0 atom stereocenters. The highest BCUT2D eigenvalue weighted by atomic mass is 15.1. The van der Waals surface area contributed by atoms with Crippen LogP contribution in [0.15, 0.2) is 237 Å². The van der Waals surface area contributed by atoms with Gasteiger partial charge in [0.1, 0.15) is 0 Å². The minimum atomic E-state index is 1.10. The summed E-state index contributed by atoms with van der Waals surface area (Å²) in [4.78, 5) is 2.40. The largest absolute Gasteiger partial charge is 0.310 e. The lowest BCUT2D eigenvalue weighted by atomic mass is 9.93. The molecule has 0 aliphatic heterocycles. The molecule has 0 aliphatic carbocycles. The van der Waals surface area contributed by atoms with Crippen LogP contribution in [0.25, 0.3) is 77.2 Å². The monoisotopic (exact) mass is 725 g/mol. The van der Waals surface area contributed by atoms with Crippen molar-refractivity contribution >= 4 is 38.6 Å². The van der Waals surface area contributed by atoms with Gasteiger partial charge < -0.3 is 4.90 Å². The molecule has 0 bridgehead atoms. The number of hydrogen-bond donors (Lipinski definition) is 0. The molecular weight excluding hydrogens is 687 g/mol. The number of fused-ring (bicyclic) bond motifs is 3. The van der Waals surface area contributed by atoms with E-state index in [1.807, 2.05) is 0 Å². The molecule has 57 heavy (non-hydrogen) atoms. The summed E-state index contributed by atoms with van der Waals surface area (Å²) >= 11 is 0. The molecular formula is C56H39N. The van der Waals surface area contributed by atoms with Crippen molar-refractivity contribution in [2.24, 2.45) is 0 Å². The number of hydrogen-bond acceptors (Lipinski definition) is 1. The molecule has 0 unspecified atom stereocenters. The molecule has 0 heterocycles. The van der Waals surface area contributed by atoms with Gasteiger partial charge in [-0.05, 0) is 114 Å². The third kappa shape index (κ3) is 6.77. The van der Waals surface area contributed by atoms with Crippen molar-refractivity contribution in [1.29, 1.82) is 0 Å². The van der Waals surface area contributed by atoms with E-state index < -0.39 is 0 Å². The van der Waals surface area contributed by atoms with Crippen LogP contribution in [0.1, 0.15) is 0 Å². The van der Waals surface area contributed by atoms with Crippen molar-refractivity contribution in [3.8, 4) is 55.6 Å². The molecule has 10 aromatic rings. The summed E-state index contributed by atoms with van der Waals surface area (Å²) in [6, 6.07) is 85.6. The predicted octanol–water partition coefficient (Wildman–Crippen LogP) is 15.8. The summed E-state index contributed by atoms with van der Waals surface area (Å²) in [7, 11) is 0. The molecule has 10 aromatic carbocycles. The maximum atomic E-state index is 2.40. The minimum absolute atomic E-state index is 1.10. The molecule has 0 N–H and O–H groups in total. The van der Waals surface area contributed by atoms with Gasteiger partial charge in [0.05, 0.1) is 0 Å². The van der Waals surface area contributed by atoms with Crippen molar-refractivity contribution in [1.82, 2.24) is 0 Å². The van der Waals surface area contributed by atoms with Gasteiger partial charge in [-0.1, -0.05) is 200 Å². The molecule has 268 valence electrons. The molecule has 0 fully saturated rings. The summed E-state index contributed by atoms with van der Waals surface area (Å²) < 4.78 is 0. The molecule has 10 rings (SSSR count). The van der Waals surface area contributed by atoms with Gasteiger partial charge in [0.15, 0.2) is 0 Å². The first kappa shape index (κ1) is 34.0. The Labute approximate surface area is 334 Å². The zero-order valence-corrected chi connectivity index (χ0v) is 31.5. The highest BCUT2D eigenvalue weighted by molar-refractivity contribution is 6.09. The van der Waals surface area contributed by atoms with Crippen molar-refractivity contribution in [2.75, 3.05) is 4.90 Å². The standard InChI is InChI=1S/C56H39N/c1-4-12-40(13-5-1)41-20-22-42(23-21-41)43-24-26-44(27-25-43)45-30-33-50(34-31-45)57(51-35-32-49-29-28-48-18-10-11-19-53(48)56(49)38-51)52-36-37-54(46-14-6-2-7-15-46)55(39-52)47-16-8-3-9-17-47/h1-39H. The van der Waals surface area contributed by atoms with Gasteiger partial charge in [0.25, 0.3) is 0 Å². The van der Waals surface area contributed by atoms with Crippen LogP contribution in [0.3, 0.4) is 0 Å². The molecule has 0 saturated heterocycles. The van der Waals surface area contributed by atoms with E-state index in [4.69, 9.17) is 0 Å². The van der Waals surface area contributed by atoms with Gasteiger partial charge in [0, 0.05) is 17.1 Å². The summed E-state index contributed by atoms with van der Waals surface area (Å²) in [6.07, 6.45) is 0. The second kappa shape index (κ2) is 15.0. The Morgan fingerprint density at radius 1 is 0.211 bits per heavy atom. The van der Waals surface area contributed by atoms with Gasteiger partial charge in [-0.25, -0.2) is 0 Å². The number of benzene rings is 10. The first-order valence-corrected chi connectivity index (χ1v) is 19.6. The summed E-state index contributed by atoms with van der Waals surface area (Å²) in [5, 5.41) is 4.97. The first-order valence-electron chi connectivity index (χ1n) is 19.6. The SMILES string of the molecule is c1ccc(-c2ccc(-c3ccc(-c4ccc(N(c5ccc(-c6ccccc6)c(-c6ccccc6)c5)c5ccc6ccc7ccccc7c6c5)cc4)cc3)cc2)cc1. The smallest absolute Gasteiger partial charge is 0.0468 e. The van der Waals surface area contributed by atoms with Crippen LogP contribution in [-0.2, 0) is 0 Å². The van der Waals surface area contributed by atoms with Crippen molar-refractivity contribution in [2.45, 2.75) is 0 Å². The van der Waals surface area contributed by atoms with E-state index in [-0.39, 0.29) is 0 Å². The van der Waals surface area contributed by atoms with E-state index in [2.05, 4.69) is 241 Å². The number of rotatable bonds is 8. The van der Waals surface area contributed by atoms with Crippen molar-refractivity contribution in [3.05, 3.63) is 237 Å². The lowest BCUT2D eigenvalue weighted by Crippen LogP contribution is -2.10. The van der Waals surface area contributed by atoms with E-state index in [0.717, 1.165) is 17.1 Å². The third-order valence-corrected chi connectivity index (χ3v) is 11.1. The van der Waals surface area contributed by atoms with E-state index in [9.17, 15) is 0 Å². The van der Waals surface area contributed by atoms with E-state index in [0.29, 0.717) is 0 Å². The number of nitrogens with zero attached hydrogens (tertiary/aromatic N) is 1. The molecule has 0 radical (unpaired) electrons. The van der Waals surface area contributed by atoms with Gasteiger partial charge in [-0.2, -0.15) is 0 Å². The van der Waals surface area contributed by atoms with E-state index >= 15 is 0 Å². The van der Waals surface area contributed by atoms with E-state index in [1.165, 1.54) is 77.2 Å².